The molecule has 5 heteroatoms. The van der Waals surface area contributed by atoms with E-state index in [1.54, 1.807) is 0 Å². The standard InChI is InChI=1S/C11H23NO3S/c1-12(2)8-11(13)9-5-4-6-10(7-9)16(3,14)15/h9-11,13H,4-8H2,1-3H3. The molecule has 0 aromatic rings. The molecule has 0 heterocycles. The van der Waals surface area contributed by atoms with Gasteiger partial charge >= 0.3 is 0 Å². The molecule has 1 fully saturated rings. The summed E-state index contributed by atoms with van der Waals surface area (Å²) in [6.45, 7) is 0.612. The molecule has 0 aromatic carbocycles. The van der Waals surface area contributed by atoms with Crippen molar-refractivity contribution < 1.29 is 13.5 Å². The second-order valence-electron chi connectivity index (χ2n) is 5.21. The van der Waals surface area contributed by atoms with Gasteiger partial charge in [-0.1, -0.05) is 6.42 Å². The van der Waals surface area contributed by atoms with Crippen LogP contribution in [-0.4, -0.2) is 56.7 Å². The van der Waals surface area contributed by atoms with Crippen LogP contribution in [0.1, 0.15) is 25.7 Å². The molecule has 0 amide bonds. The molecule has 1 aliphatic rings. The minimum absolute atomic E-state index is 0.135. The fraction of sp³-hybridized carbons (Fsp3) is 1.00. The highest BCUT2D eigenvalue weighted by Crippen LogP contribution is 2.30. The molecule has 0 radical (unpaired) electrons. The maximum Gasteiger partial charge on any atom is 0.150 e. The Kier molecular flexibility index (Phi) is 4.76. The lowest BCUT2D eigenvalue weighted by atomic mass is 9.85. The monoisotopic (exact) mass is 249 g/mol. The van der Waals surface area contributed by atoms with Crippen molar-refractivity contribution >= 4 is 9.84 Å². The summed E-state index contributed by atoms with van der Waals surface area (Å²) < 4.78 is 23.0. The van der Waals surface area contributed by atoms with Crippen LogP contribution in [0.15, 0.2) is 0 Å². The highest BCUT2D eigenvalue weighted by Gasteiger charge is 2.32. The van der Waals surface area contributed by atoms with Gasteiger partial charge < -0.3 is 10.0 Å². The number of sulfone groups is 1. The molecule has 4 nitrogen and oxygen atoms in total. The average molecular weight is 249 g/mol. The van der Waals surface area contributed by atoms with Gasteiger partial charge in [-0.25, -0.2) is 8.42 Å². The molecule has 0 aromatic heterocycles. The summed E-state index contributed by atoms with van der Waals surface area (Å²) >= 11 is 0. The van der Waals surface area contributed by atoms with Crippen molar-refractivity contribution in [1.29, 1.82) is 0 Å². The molecule has 3 atom stereocenters. The van der Waals surface area contributed by atoms with E-state index in [1.807, 2.05) is 19.0 Å². The zero-order valence-electron chi connectivity index (χ0n) is 10.4. The second kappa shape index (κ2) is 5.47. The van der Waals surface area contributed by atoms with Gasteiger partial charge in [0.15, 0.2) is 0 Å². The van der Waals surface area contributed by atoms with E-state index >= 15 is 0 Å². The number of likely N-dealkylation sites (N-methyl/N-ethyl adjacent to an activating group) is 1. The van der Waals surface area contributed by atoms with Crippen molar-refractivity contribution in [3.05, 3.63) is 0 Å². The van der Waals surface area contributed by atoms with Gasteiger partial charge in [0.25, 0.3) is 0 Å². The molecule has 0 aliphatic heterocycles. The first-order valence-corrected chi connectivity index (χ1v) is 7.78. The number of nitrogens with zero attached hydrogens (tertiary/aromatic N) is 1. The van der Waals surface area contributed by atoms with Crippen LogP contribution < -0.4 is 0 Å². The summed E-state index contributed by atoms with van der Waals surface area (Å²) in [5.74, 6) is 0.135. The van der Waals surface area contributed by atoms with Crippen LogP contribution in [0.3, 0.4) is 0 Å². The molecular formula is C11H23NO3S. The average Bonchev–Trinajstić information content (AvgIpc) is 2.15. The third-order valence-corrected chi connectivity index (χ3v) is 5.01. The van der Waals surface area contributed by atoms with E-state index < -0.39 is 15.9 Å². The summed E-state index contributed by atoms with van der Waals surface area (Å²) in [7, 11) is 0.888. The zero-order chi connectivity index (χ0) is 12.3. The molecule has 0 bridgehead atoms. The molecule has 1 N–H and O–H groups in total. The minimum atomic E-state index is -2.95. The molecular weight excluding hydrogens is 226 g/mol. The number of aliphatic hydroxyl groups is 1. The summed E-state index contributed by atoms with van der Waals surface area (Å²) in [5.41, 5.74) is 0. The van der Waals surface area contributed by atoms with Crippen molar-refractivity contribution in [3.63, 3.8) is 0 Å². The van der Waals surface area contributed by atoms with Crippen molar-refractivity contribution in [2.24, 2.45) is 5.92 Å². The Bertz CT molecular complexity index is 313. The van der Waals surface area contributed by atoms with Crippen LogP contribution >= 0.6 is 0 Å². The Hall–Kier alpha value is -0.130. The lowest BCUT2D eigenvalue weighted by molar-refractivity contribution is 0.0620. The van der Waals surface area contributed by atoms with Gasteiger partial charge in [-0.05, 0) is 39.3 Å². The predicted octanol–water partition coefficient (Wildman–Crippen LogP) is 0.512. The topological polar surface area (TPSA) is 57.6 Å². The van der Waals surface area contributed by atoms with E-state index in [-0.39, 0.29) is 11.2 Å². The third kappa shape index (κ3) is 4.03. The Labute approximate surface area is 98.6 Å². The minimum Gasteiger partial charge on any atom is -0.392 e. The summed E-state index contributed by atoms with van der Waals surface area (Å²) in [4.78, 5) is 1.94. The SMILES string of the molecule is CN(C)CC(O)C1CCCC(S(C)(=O)=O)C1. The van der Waals surface area contributed by atoms with Gasteiger partial charge in [0, 0.05) is 12.8 Å². The van der Waals surface area contributed by atoms with Gasteiger partial charge in [-0.15, -0.1) is 0 Å². The number of rotatable bonds is 4. The van der Waals surface area contributed by atoms with Crippen molar-refractivity contribution in [3.8, 4) is 0 Å². The van der Waals surface area contributed by atoms with Crippen LogP contribution in [-0.2, 0) is 9.84 Å². The van der Waals surface area contributed by atoms with Gasteiger partial charge in [-0.2, -0.15) is 0 Å². The van der Waals surface area contributed by atoms with E-state index in [0.29, 0.717) is 13.0 Å². The van der Waals surface area contributed by atoms with E-state index in [4.69, 9.17) is 0 Å². The number of hydrogen-bond donors (Lipinski definition) is 1. The smallest absolute Gasteiger partial charge is 0.150 e. The summed E-state index contributed by atoms with van der Waals surface area (Å²) in [5, 5.41) is 9.74. The lowest BCUT2D eigenvalue weighted by Gasteiger charge is -2.32. The first-order valence-electron chi connectivity index (χ1n) is 5.82. The van der Waals surface area contributed by atoms with E-state index in [0.717, 1.165) is 19.3 Å². The van der Waals surface area contributed by atoms with Gasteiger partial charge in [-0.3, -0.25) is 0 Å². The van der Waals surface area contributed by atoms with Gasteiger partial charge in [0.2, 0.25) is 0 Å². The second-order valence-corrected chi connectivity index (χ2v) is 7.53. The van der Waals surface area contributed by atoms with E-state index in [1.165, 1.54) is 6.26 Å². The third-order valence-electron chi connectivity index (χ3n) is 3.37. The fourth-order valence-corrected chi connectivity index (χ4v) is 3.63. The highest BCUT2D eigenvalue weighted by molar-refractivity contribution is 7.91. The quantitative estimate of drug-likeness (QED) is 0.789. The molecule has 1 saturated carbocycles. The normalized spacial score (nSPS) is 29.3. The van der Waals surface area contributed by atoms with Crippen molar-refractivity contribution in [2.75, 3.05) is 26.9 Å². The maximum absolute atomic E-state index is 11.5. The van der Waals surface area contributed by atoms with Crippen molar-refractivity contribution in [1.82, 2.24) is 4.90 Å². The molecule has 0 spiro atoms. The van der Waals surface area contributed by atoms with E-state index in [2.05, 4.69) is 0 Å². The fourth-order valence-electron chi connectivity index (χ4n) is 2.44. The first-order chi connectivity index (χ1) is 7.30. The summed E-state index contributed by atoms with van der Waals surface area (Å²) in [6, 6.07) is 0. The lowest BCUT2D eigenvalue weighted by Crippen LogP contribution is -2.38. The predicted molar refractivity (Wildman–Crippen MR) is 65.2 cm³/mol. The molecule has 16 heavy (non-hydrogen) atoms. The molecule has 0 saturated heterocycles. The van der Waals surface area contributed by atoms with Crippen LogP contribution in [0.25, 0.3) is 0 Å². The zero-order valence-corrected chi connectivity index (χ0v) is 11.2. The Morgan fingerprint density at radius 1 is 1.38 bits per heavy atom. The Morgan fingerprint density at radius 2 is 2.00 bits per heavy atom. The highest BCUT2D eigenvalue weighted by atomic mass is 32.2. The van der Waals surface area contributed by atoms with Crippen LogP contribution in [0.2, 0.25) is 0 Å². The van der Waals surface area contributed by atoms with Crippen LogP contribution in [0.4, 0.5) is 0 Å². The Morgan fingerprint density at radius 3 is 2.50 bits per heavy atom. The van der Waals surface area contributed by atoms with Crippen LogP contribution in [0, 0.1) is 5.92 Å². The molecule has 1 aliphatic carbocycles. The number of aliphatic hydroxyl groups excluding tert-OH is 1. The van der Waals surface area contributed by atoms with Crippen molar-refractivity contribution in [2.45, 2.75) is 37.0 Å². The molecule has 96 valence electrons. The van der Waals surface area contributed by atoms with E-state index in [9.17, 15) is 13.5 Å². The maximum atomic E-state index is 11.5. The number of hydrogen-bond acceptors (Lipinski definition) is 4. The van der Waals surface area contributed by atoms with Crippen LogP contribution in [0.5, 0.6) is 0 Å². The summed E-state index contributed by atoms with van der Waals surface area (Å²) in [6.07, 6.45) is 4.13. The van der Waals surface area contributed by atoms with Gasteiger partial charge in [0.05, 0.1) is 11.4 Å². The largest absolute Gasteiger partial charge is 0.392 e. The first kappa shape index (κ1) is 13.9. The molecule has 1 rings (SSSR count). The molecule has 3 unspecified atom stereocenters. The van der Waals surface area contributed by atoms with Gasteiger partial charge in [0.1, 0.15) is 9.84 Å². The Balaban J connectivity index is 2.57.